The van der Waals surface area contributed by atoms with Crippen molar-refractivity contribution in [1.82, 2.24) is 0 Å². The first-order valence-electron chi connectivity index (χ1n) is 7.92. The van der Waals surface area contributed by atoms with Crippen molar-refractivity contribution in [3.05, 3.63) is 95.3 Å². The van der Waals surface area contributed by atoms with E-state index in [1.807, 2.05) is 84.9 Å². The van der Waals surface area contributed by atoms with Crippen LogP contribution in [0.25, 0.3) is 11.0 Å². The third-order valence-electron chi connectivity index (χ3n) is 3.77. The van der Waals surface area contributed by atoms with Gasteiger partial charge >= 0.3 is 5.63 Å². The molecule has 0 amide bonds. The van der Waals surface area contributed by atoms with Crippen LogP contribution in [0.2, 0.25) is 0 Å². The van der Waals surface area contributed by atoms with Crippen molar-refractivity contribution >= 4 is 34.1 Å². The normalized spacial score (nSPS) is 10.7. The molecule has 0 fully saturated rings. The summed E-state index contributed by atoms with van der Waals surface area (Å²) in [5.74, 6) is 0. The average molecular weight is 345 g/mol. The van der Waals surface area contributed by atoms with E-state index in [0.29, 0.717) is 11.3 Å². The van der Waals surface area contributed by atoms with Crippen molar-refractivity contribution < 1.29 is 4.42 Å². The van der Waals surface area contributed by atoms with E-state index >= 15 is 0 Å². The van der Waals surface area contributed by atoms with Gasteiger partial charge in [-0.05, 0) is 30.3 Å². The van der Waals surface area contributed by atoms with Crippen molar-refractivity contribution in [2.24, 2.45) is 0 Å². The highest BCUT2D eigenvalue weighted by Gasteiger charge is 2.16. The molecule has 0 unspecified atom stereocenters. The van der Waals surface area contributed by atoms with Gasteiger partial charge in [-0.25, -0.2) is 4.79 Å². The maximum Gasteiger partial charge on any atom is 0.361 e. The van der Waals surface area contributed by atoms with Gasteiger partial charge in [0.15, 0.2) is 0 Å². The van der Waals surface area contributed by atoms with Crippen LogP contribution in [0.3, 0.4) is 0 Å². The largest absolute Gasteiger partial charge is 0.421 e. The number of anilines is 2. The van der Waals surface area contributed by atoms with Gasteiger partial charge in [0.05, 0.1) is 4.90 Å². The fourth-order valence-corrected chi connectivity index (χ4v) is 3.65. The minimum absolute atomic E-state index is 0.374. The molecule has 0 saturated carbocycles. The molecule has 25 heavy (non-hydrogen) atoms. The topological polar surface area (TPSA) is 42.2 Å². The predicted octanol–water partition coefficient (Wildman–Crippen LogP) is 5.69. The predicted molar refractivity (Wildman–Crippen MR) is 103 cm³/mol. The van der Waals surface area contributed by atoms with Gasteiger partial charge < -0.3 is 9.73 Å². The van der Waals surface area contributed by atoms with E-state index in [4.69, 9.17) is 4.42 Å². The van der Waals surface area contributed by atoms with Crippen molar-refractivity contribution in [3.63, 3.8) is 0 Å². The second-order valence-electron chi connectivity index (χ2n) is 5.50. The van der Waals surface area contributed by atoms with Crippen LogP contribution >= 0.6 is 11.8 Å². The zero-order valence-electron chi connectivity index (χ0n) is 13.3. The number of nitrogens with one attached hydrogen (secondary N) is 1. The number of rotatable bonds is 4. The molecule has 1 heterocycles. The minimum atomic E-state index is -0.374. The Kier molecular flexibility index (Phi) is 4.27. The Morgan fingerprint density at radius 2 is 1.40 bits per heavy atom. The molecule has 3 aromatic carbocycles. The van der Waals surface area contributed by atoms with E-state index in [1.165, 1.54) is 0 Å². The number of para-hydroxylation sites is 2. The molecule has 0 bridgehead atoms. The molecule has 0 spiro atoms. The lowest BCUT2D eigenvalue weighted by molar-refractivity contribution is 0.561. The molecule has 1 aromatic heterocycles. The fraction of sp³-hybridized carbons (Fsp3) is 0. The number of fused-ring (bicyclic) bond motifs is 1. The van der Waals surface area contributed by atoms with Gasteiger partial charge in [0, 0.05) is 16.0 Å². The summed E-state index contributed by atoms with van der Waals surface area (Å²) in [7, 11) is 0. The Balaban J connectivity index is 1.89. The Bertz CT molecular complexity index is 1060. The van der Waals surface area contributed by atoms with Gasteiger partial charge in [-0.3, -0.25) is 0 Å². The quantitative estimate of drug-likeness (QED) is 0.483. The molecule has 0 aliphatic rings. The lowest BCUT2D eigenvalue weighted by Gasteiger charge is -2.13. The third-order valence-corrected chi connectivity index (χ3v) is 4.91. The summed E-state index contributed by atoms with van der Waals surface area (Å²) in [6.07, 6.45) is 0. The molecule has 0 atom stereocenters. The van der Waals surface area contributed by atoms with Gasteiger partial charge in [0.2, 0.25) is 0 Å². The molecule has 4 aromatic rings. The SMILES string of the molecule is O=c1oc2ccccc2c(Sc2ccccc2)c1Nc1ccccc1. The zero-order chi connectivity index (χ0) is 17.1. The van der Waals surface area contributed by atoms with Crippen LogP contribution in [0.1, 0.15) is 0 Å². The summed E-state index contributed by atoms with van der Waals surface area (Å²) in [4.78, 5) is 14.5. The van der Waals surface area contributed by atoms with Crippen LogP contribution in [0.5, 0.6) is 0 Å². The van der Waals surface area contributed by atoms with E-state index in [2.05, 4.69) is 5.32 Å². The first-order valence-corrected chi connectivity index (χ1v) is 8.74. The van der Waals surface area contributed by atoms with Gasteiger partial charge in [-0.15, -0.1) is 0 Å². The third kappa shape index (κ3) is 3.30. The summed E-state index contributed by atoms with van der Waals surface area (Å²) in [5, 5.41) is 4.14. The second kappa shape index (κ2) is 6.87. The highest BCUT2D eigenvalue weighted by molar-refractivity contribution is 7.99. The number of hydrogen-bond acceptors (Lipinski definition) is 4. The Morgan fingerprint density at radius 3 is 2.16 bits per heavy atom. The van der Waals surface area contributed by atoms with Gasteiger partial charge in [0.25, 0.3) is 0 Å². The molecule has 0 aliphatic heterocycles. The molecule has 0 aliphatic carbocycles. The highest BCUT2D eigenvalue weighted by Crippen LogP contribution is 2.38. The van der Waals surface area contributed by atoms with Crippen LogP contribution in [-0.2, 0) is 0 Å². The van der Waals surface area contributed by atoms with Crippen molar-refractivity contribution in [2.45, 2.75) is 9.79 Å². The average Bonchev–Trinajstić information content (AvgIpc) is 2.66. The summed E-state index contributed by atoms with van der Waals surface area (Å²) in [6, 6.07) is 27.2. The number of hydrogen-bond donors (Lipinski definition) is 1. The number of benzene rings is 3. The molecular weight excluding hydrogens is 330 g/mol. The van der Waals surface area contributed by atoms with E-state index in [-0.39, 0.29) is 5.63 Å². The second-order valence-corrected chi connectivity index (χ2v) is 6.58. The van der Waals surface area contributed by atoms with E-state index < -0.39 is 0 Å². The molecule has 3 nitrogen and oxygen atoms in total. The lowest BCUT2D eigenvalue weighted by Crippen LogP contribution is -2.08. The molecule has 1 N–H and O–H groups in total. The Morgan fingerprint density at radius 1 is 0.760 bits per heavy atom. The van der Waals surface area contributed by atoms with Crippen LogP contribution in [0.4, 0.5) is 11.4 Å². The molecular formula is C21H15NO2S. The first kappa shape index (κ1) is 15.5. The van der Waals surface area contributed by atoms with Crippen LogP contribution in [0, 0.1) is 0 Å². The monoisotopic (exact) mass is 345 g/mol. The van der Waals surface area contributed by atoms with Crippen LogP contribution in [0.15, 0.2) is 104 Å². The lowest BCUT2D eigenvalue weighted by atomic mass is 10.2. The Labute approximate surface area is 149 Å². The highest BCUT2D eigenvalue weighted by atomic mass is 32.2. The maximum atomic E-state index is 12.6. The maximum absolute atomic E-state index is 12.6. The smallest absolute Gasteiger partial charge is 0.361 e. The van der Waals surface area contributed by atoms with E-state index in [0.717, 1.165) is 20.9 Å². The van der Waals surface area contributed by atoms with E-state index in [9.17, 15) is 4.79 Å². The summed E-state index contributed by atoms with van der Waals surface area (Å²) in [6.45, 7) is 0. The molecule has 0 saturated heterocycles. The fourth-order valence-electron chi connectivity index (χ4n) is 2.61. The summed E-state index contributed by atoms with van der Waals surface area (Å²) in [5.41, 5.74) is 1.52. The molecule has 0 radical (unpaired) electrons. The van der Waals surface area contributed by atoms with Crippen molar-refractivity contribution in [2.75, 3.05) is 5.32 Å². The van der Waals surface area contributed by atoms with Gasteiger partial charge in [0.1, 0.15) is 11.3 Å². The first-order chi connectivity index (χ1) is 12.3. The van der Waals surface area contributed by atoms with Crippen LogP contribution < -0.4 is 10.9 Å². The molecule has 4 heteroatoms. The summed E-state index contributed by atoms with van der Waals surface area (Å²) < 4.78 is 5.51. The zero-order valence-corrected chi connectivity index (χ0v) is 14.1. The Hall–Kier alpha value is -2.98. The van der Waals surface area contributed by atoms with Gasteiger partial charge in [-0.2, -0.15) is 0 Å². The van der Waals surface area contributed by atoms with Crippen LogP contribution in [-0.4, -0.2) is 0 Å². The van der Waals surface area contributed by atoms with Crippen molar-refractivity contribution in [3.8, 4) is 0 Å². The molecule has 122 valence electrons. The summed E-state index contributed by atoms with van der Waals surface area (Å²) >= 11 is 1.55. The minimum Gasteiger partial charge on any atom is -0.421 e. The standard InChI is InChI=1S/C21H15NO2S/c23-21-19(22-15-9-3-1-4-10-15)20(25-16-11-5-2-6-12-16)17-13-7-8-14-18(17)24-21/h1-14,22H. The molecule has 4 rings (SSSR count). The van der Waals surface area contributed by atoms with Crippen molar-refractivity contribution in [1.29, 1.82) is 0 Å². The van der Waals surface area contributed by atoms with Gasteiger partial charge in [-0.1, -0.05) is 66.4 Å². The van der Waals surface area contributed by atoms with E-state index in [1.54, 1.807) is 11.8 Å².